The molecule has 0 unspecified atom stereocenters. The topological polar surface area (TPSA) is 55.4 Å². The summed E-state index contributed by atoms with van der Waals surface area (Å²) < 4.78 is 5.14. The van der Waals surface area contributed by atoms with E-state index in [0.717, 1.165) is 0 Å². The van der Waals surface area contributed by atoms with Gasteiger partial charge in [0.15, 0.2) is 0 Å². The summed E-state index contributed by atoms with van der Waals surface area (Å²) in [6.45, 7) is 9.91. The summed E-state index contributed by atoms with van der Waals surface area (Å²) in [6.07, 6.45) is 0. The van der Waals surface area contributed by atoms with Crippen LogP contribution in [-0.2, 0) is 9.53 Å². The number of carbonyl (C=O) groups excluding carboxylic acids is 2. The maximum absolute atomic E-state index is 11.8. The second-order valence-electron chi connectivity index (χ2n) is 6.27. The Balaban J connectivity index is 2.65. The first-order valence-electron chi connectivity index (χ1n) is 6.79. The molecule has 20 heavy (non-hydrogen) atoms. The molecule has 1 rings (SSSR count). The Bertz CT molecular complexity index is 469. The van der Waals surface area contributed by atoms with Crippen LogP contribution in [0.5, 0.6) is 0 Å². The van der Waals surface area contributed by atoms with Crippen LogP contribution >= 0.6 is 0 Å². The Morgan fingerprint density at radius 3 is 2.15 bits per heavy atom. The van der Waals surface area contributed by atoms with Crippen molar-refractivity contribution in [1.29, 1.82) is 0 Å². The fraction of sp³-hybridized carbons (Fsp3) is 0.500. The Kier molecular flexibility index (Phi) is 5.31. The van der Waals surface area contributed by atoms with Crippen LogP contribution in [0.1, 0.15) is 45.0 Å². The van der Waals surface area contributed by atoms with Crippen molar-refractivity contribution in [2.75, 3.05) is 11.9 Å². The average Bonchev–Trinajstić information content (AvgIpc) is 2.35. The van der Waals surface area contributed by atoms with Crippen LogP contribution in [0, 0.1) is 11.3 Å². The predicted octanol–water partition coefficient (Wildman–Crippen LogP) is 3.48. The Morgan fingerprint density at radius 2 is 1.70 bits per heavy atom. The number of esters is 1. The molecule has 0 atom stereocenters. The highest BCUT2D eigenvalue weighted by Crippen LogP contribution is 2.18. The average molecular weight is 277 g/mol. The first-order chi connectivity index (χ1) is 9.20. The highest BCUT2D eigenvalue weighted by atomic mass is 16.5. The molecule has 0 aliphatic heterocycles. The summed E-state index contributed by atoms with van der Waals surface area (Å²) in [5, 5.41) is 2.81. The van der Waals surface area contributed by atoms with E-state index in [9.17, 15) is 9.59 Å². The van der Waals surface area contributed by atoms with Crippen molar-refractivity contribution in [2.45, 2.75) is 34.6 Å². The molecule has 110 valence electrons. The van der Waals surface area contributed by atoms with Gasteiger partial charge in [0.25, 0.3) is 0 Å². The van der Waals surface area contributed by atoms with Gasteiger partial charge in [0.1, 0.15) is 0 Å². The second kappa shape index (κ2) is 6.55. The lowest BCUT2D eigenvalue weighted by atomic mass is 9.95. The first kappa shape index (κ1) is 16.2. The van der Waals surface area contributed by atoms with Crippen LogP contribution in [0.2, 0.25) is 0 Å². The summed E-state index contributed by atoms with van der Waals surface area (Å²) in [7, 11) is 0. The fourth-order valence-electron chi connectivity index (χ4n) is 1.33. The lowest BCUT2D eigenvalue weighted by Crippen LogP contribution is -2.27. The molecule has 0 bridgehead atoms. The van der Waals surface area contributed by atoms with E-state index in [1.54, 1.807) is 24.3 Å². The zero-order valence-electron chi connectivity index (χ0n) is 12.8. The first-order valence-corrected chi connectivity index (χ1v) is 6.79. The minimum Gasteiger partial charge on any atom is -0.462 e. The van der Waals surface area contributed by atoms with Crippen LogP contribution in [0.15, 0.2) is 24.3 Å². The van der Waals surface area contributed by atoms with Crippen molar-refractivity contribution in [3.05, 3.63) is 29.8 Å². The van der Waals surface area contributed by atoms with Gasteiger partial charge in [-0.15, -0.1) is 0 Å². The predicted molar refractivity (Wildman–Crippen MR) is 79.6 cm³/mol. The number of nitrogens with one attached hydrogen (secondary N) is 1. The van der Waals surface area contributed by atoms with Gasteiger partial charge in [-0.1, -0.05) is 34.6 Å². The zero-order chi connectivity index (χ0) is 15.3. The van der Waals surface area contributed by atoms with Crippen LogP contribution in [-0.4, -0.2) is 18.5 Å². The SMILES string of the molecule is CC(C)COC(=O)c1ccc(NC(=O)C(C)(C)C)cc1. The molecule has 0 saturated carbocycles. The number of hydrogen-bond donors (Lipinski definition) is 1. The molecule has 0 fully saturated rings. The van der Waals surface area contributed by atoms with E-state index < -0.39 is 5.41 Å². The number of ether oxygens (including phenoxy) is 1. The van der Waals surface area contributed by atoms with Gasteiger partial charge in [-0.25, -0.2) is 4.79 Å². The Morgan fingerprint density at radius 1 is 1.15 bits per heavy atom. The maximum Gasteiger partial charge on any atom is 0.338 e. The summed E-state index contributed by atoms with van der Waals surface area (Å²) >= 11 is 0. The molecule has 1 N–H and O–H groups in total. The number of rotatable bonds is 4. The fourth-order valence-corrected chi connectivity index (χ4v) is 1.33. The number of carbonyl (C=O) groups is 2. The van der Waals surface area contributed by atoms with Crippen LogP contribution in [0.4, 0.5) is 5.69 Å². The van der Waals surface area contributed by atoms with Crippen molar-refractivity contribution in [3.8, 4) is 0 Å². The third kappa shape index (κ3) is 5.03. The van der Waals surface area contributed by atoms with Gasteiger partial charge >= 0.3 is 5.97 Å². The molecule has 0 radical (unpaired) electrons. The summed E-state index contributed by atoms with van der Waals surface area (Å²) in [5.74, 6) is -0.0932. The van der Waals surface area contributed by atoms with E-state index in [1.807, 2.05) is 34.6 Å². The van der Waals surface area contributed by atoms with Crippen LogP contribution < -0.4 is 5.32 Å². The monoisotopic (exact) mass is 277 g/mol. The smallest absolute Gasteiger partial charge is 0.338 e. The van der Waals surface area contributed by atoms with E-state index in [-0.39, 0.29) is 11.9 Å². The largest absolute Gasteiger partial charge is 0.462 e. The summed E-state index contributed by atoms with van der Waals surface area (Å²) in [6, 6.07) is 6.72. The number of hydrogen-bond acceptors (Lipinski definition) is 3. The molecule has 1 aromatic rings. The molecule has 4 heteroatoms. The Hall–Kier alpha value is -1.84. The molecule has 0 aromatic heterocycles. The maximum atomic E-state index is 11.8. The molecular formula is C16H23NO3. The lowest BCUT2D eigenvalue weighted by molar-refractivity contribution is -0.123. The van der Waals surface area contributed by atoms with Gasteiger partial charge in [-0.3, -0.25) is 4.79 Å². The van der Waals surface area contributed by atoms with Crippen molar-refractivity contribution in [2.24, 2.45) is 11.3 Å². The van der Waals surface area contributed by atoms with Gasteiger partial charge < -0.3 is 10.1 Å². The number of anilines is 1. The summed E-state index contributed by atoms with van der Waals surface area (Å²) in [4.78, 5) is 23.6. The molecule has 0 aliphatic rings. The van der Waals surface area contributed by atoms with Crippen LogP contribution in [0.25, 0.3) is 0 Å². The van der Waals surface area contributed by atoms with E-state index in [0.29, 0.717) is 23.8 Å². The second-order valence-corrected chi connectivity index (χ2v) is 6.27. The van der Waals surface area contributed by atoms with Gasteiger partial charge in [0, 0.05) is 11.1 Å². The molecular weight excluding hydrogens is 254 g/mol. The summed E-state index contributed by atoms with van der Waals surface area (Å²) in [5.41, 5.74) is 0.708. The van der Waals surface area contributed by atoms with Gasteiger partial charge in [-0.2, -0.15) is 0 Å². The molecule has 1 amide bonds. The van der Waals surface area contributed by atoms with Gasteiger partial charge in [0.05, 0.1) is 12.2 Å². The van der Waals surface area contributed by atoms with E-state index >= 15 is 0 Å². The van der Waals surface area contributed by atoms with Crippen molar-refractivity contribution < 1.29 is 14.3 Å². The molecule has 0 saturated heterocycles. The van der Waals surface area contributed by atoms with Gasteiger partial charge in [0.2, 0.25) is 5.91 Å². The van der Waals surface area contributed by atoms with Crippen molar-refractivity contribution in [3.63, 3.8) is 0 Å². The molecule has 0 spiro atoms. The molecule has 1 aromatic carbocycles. The third-order valence-corrected chi connectivity index (χ3v) is 2.61. The highest BCUT2D eigenvalue weighted by molar-refractivity contribution is 5.95. The minimum absolute atomic E-state index is 0.0624. The minimum atomic E-state index is -0.450. The zero-order valence-corrected chi connectivity index (χ0v) is 12.8. The molecule has 4 nitrogen and oxygen atoms in total. The van der Waals surface area contributed by atoms with E-state index in [4.69, 9.17) is 4.74 Å². The molecule has 0 aliphatic carbocycles. The normalized spacial score (nSPS) is 11.3. The number of benzene rings is 1. The van der Waals surface area contributed by atoms with E-state index in [2.05, 4.69) is 5.32 Å². The quantitative estimate of drug-likeness (QED) is 0.857. The third-order valence-electron chi connectivity index (χ3n) is 2.61. The van der Waals surface area contributed by atoms with Crippen LogP contribution in [0.3, 0.4) is 0 Å². The van der Waals surface area contributed by atoms with E-state index in [1.165, 1.54) is 0 Å². The molecule has 0 heterocycles. The van der Waals surface area contributed by atoms with Crippen molar-refractivity contribution >= 4 is 17.6 Å². The number of amides is 1. The van der Waals surface area contributed by atoms with Gasteiger partial charge in [-0.05, 0) is 30.2 Å². The highest BCUT2D eigenvalue weighted by Gasteiger charge is 2.21. The standard InChI is InChI=1S/C16H23NO3/c1-11(2)10-20-14(18)12-6-8-13(9-7-12)17-15(19)16(3,4)5/h6-9,11H,10H2,1-5H3,(H,17,19). The lowest BCUT2D eigenvalue weighted by Gasteiger charge is -2.17. The Labute approximate surface area is 120 Å². The van der Waals surface area contributed by atoms with Crippen molar-refractivity contribution in [1.82, 2.24) is 0 Å².